The van der Waals surface area contributed by atoms with Crippen molar-refractivity contribution in [2.45, 2.75) is 6.92 Å². The zero-order valence-corrected chi connectivity index (χ0v) is 7.62. The lowest BCUT2D eigenvalue weighted by Crippen LogP contribution is -1.95. The van der Waals surface area contributed by atoms with Crippen LogP contribution >= 0.6 is 11.3 Å². The van der Waals surface area contributed by atoms with Crippen molar-refractivity contribution in [3.8, 4) is 11.2 Å². The molecule has 13 heavy (non-hydrogen) atoms. The van der Waals surface area contributed by atoms with Crippen LogP contribution in [0.15, 0.2) is 12.4 Å². The number of hydrogen-bond acceptors (Lipinski definition) is 5. The van der Waals surface area contributed by atoms with Crippen molar-refractivity contribution < 1.29 is 0 Å². The van der Waals surface area contributed by atoms with Gasteiger partial charge in [0.25, 0.3) is 0 Å². The van der Waals surface area contributed by atoms with Crippen molar-refractivity contribution in [2.24, 2.45) is 0 Å². The first kappa shape index (κ1) is 7.89. The summed E-state index contributed by atoms with van der Waals surface area (Å²) in [6.45, 7) is 1.87. The Bertz CT molecular complexity index is 463. The number of aromatic nitrogens is 4. The maximum absolute atomic E-state index is 8.70. The highest BCUT2D eigenvalue weighted by Gasteiger charge is 2.07. The lowest BCUT2D eigenvalue weighted by Gasteiger charge is -1.93. The minimum absolute atomic E-state index is 0.330. The maximum atomic E-state index is 8.70. The standard InChI is InChI=1S/C7H5N5S/c1-5-10-11-7(13-5)12-3-2-9-6(12)4-8/h2-3H,1H3. The molecule has 0 bridgehead atoms. The fourth-order valence-electron chi connectivity index (χ4n) is 0.924. The molecule has 0 unspecified atom stereocenters. The lowest BCUT2D eigenvalue weighted by atomic mass is 10.7. The van der Waals surface area contributed by atoms with Crippen LogP contribution in [0, 0.1) is 18.3 Å². The van der Waals surface area contributed by atoms with Crippen LogP contribution in [0.1, 0.15) is 10.8 Å². The molecular weight excluding hydrogens is 186 g/mol. The van der Waals surface area contributed by atoms with E-state index >= 15 is 0 Å². The van der Waals surface area contributed by atoms with Crippen LogP contribution in [-0.2, 0) is 0 Å². The quantitative estimate of drug-likeness (QED) is 0.671. The number of imidazole rings is 1. The molecule has 0 spiro atoms. The lowest BCUT2D eigenvalue weighted by molar-refractivity contribution is 0.937. The van der Waals surface area contributed by atoms with E-state index in [1.54, 1.807) is 17.0 Å². The molecule has 64 valence electrons. The van der Waals surface area contributed by atoms with E-state index < -0.39 is 0 Å². The van der Waals surface area contributed by atoms with Gasteiger partial charge in [-0.25, -0.2) is 4.98 Å². The third-order valence-corrected chi connectivity index (χ3v) is 2.30. The van der Waals surface area contributed by atoms with E-state index in [0.717, 1.165) is 5.01 Å². The van der Waals surface area contributed by atoms with Gasteiger partial charge in [0.15, 0.2) is 0 Å². The van der Waals surface area contributed by atoms with Crippen molar-refractivity contribution >= 4 is 11.3 Å². The number of aryl methyl sites for hydroxylation is 1. The third-order valence-electron chi connectivity index (χ3n) is 1.46. The molecule has 0 amide bonds. The number of nitrogens with zero attached hydrogens (tertiary/aromatic N) is 5. The molecule has 0 N–H and O–H groups in total. The van der Waals surface area contributed by atoms with Crippen molar-refractivity contribution in [3.05, 3.63) is 23.2 Å². The summed E-state index contributed by atoms with van der Waals surface area (Å²) >= 11 is 1.42. The van der Waals surface area contributed by atoms with Crippen LogP contribution in [0.3, 0.4) is 0 Å². The zero-order valence-electron chi connectivity index (χ0n) is 6.80. The molecule has 0 aliphatic rings. The minimum Gasteiger partial charge on any atom is -0.265 e. The second-order valence-electron chi connectivity index (χ2n) is 2.34. The molecule has 2 aromatic rings. The average molecular weight is 191 g/mol. The first-order valence-corrected chi connectivity index (χ1v) is 4.37. The molecule has 0 aromatic carbocycles. The normalized spacial score (nSPS) is 9.85. The van der Waals surface area contributed by atoms with Crippen molar-refractivity contribution in [2.75, 3.05) is 0 Å². The average Bonchev–Trinajstić information content (AvgIpc) is 2.71. The van der Waals surface area contributed by atoms with E-state index in [0.29, 0.717) is 11.0 Å². The van der Waals surface area contributed by atoms with Gasteiger partial charge in [0, 0.05) is 12.4 Å². The molecular formula is C7H5N5S. The summed E-state index contributed by atoms with van der Waals surface area (Å²) in [5, 5.41) is 18.0. The van der Waals surface area contributed by atoms with Crippen LogP contribution < -0.4 is 0 Å². The molecule has 0 saturated heterocycles. The van der Waals surface area contributed by atoms with Gasteiger partial charge in [-0.3, -0.25) is 4.57 Å². The van der Waals surface area contributed by atoms with Crippen molar-refractivity contribution in [1.29, 1.82) is 5.26 Å². The third kappa shape index (κ3) is 1.29. The van der Waals surface area contributed by atoms with E-state index in [1.807, 2.05) is 13.0 Å². The Morgan fingerprint density at radius 1 is 1.54 bits per heavy atom. The first-order valence-electron chi connectivity index (χ1n) is 3.55. The maximum Gasteiger partial charge on any atom is 0.219 e. The van der Waals surface area contributed by atoms with Crippen LogP contribution in [0.25, 0.3) is 5.13 Å². The molecule has 5 nitrogen and oxygen atoms in total. The molecule has 2 rings (SSSR count). The second kappa shape index (κ2) is 2.95. The van der Waals surface area contributed by atoms with Gasteiger partial charge in [-0.15, -0.1) is 10.2 Å². The largest absolute Gasteiger partial charge is 0.265 e. The predicted molar refractivity (Wildman–Crippen MR) is 46.5 cm³/mol. The minimum atomic E-state index is 0.330. The van der Waals surface area contributed by atoms with Crippen LogP contribution in [0.2, 0.25) is 0 Å². The van der Waals surface area contributed by atoms with Crippen molar-refractivity contribution in [1.82, 2.24) is 19.7 Å². The topological polar surface area (TPSA) is 67.4 Å². The van der Waals surface area contributed by atoms with Crippen LogP contribution in [0.4, 0.5) is 0 Å². The second-order valence-corrected chi connectivity index (χ2v) is 3.50. The molecule has 0 fully saturated rings. The summed E-state index contributed by atoms with van der Waals surface area (Å²) < 4.78 is 1.62. The van der Waals surface area contributed by atoms with Gasteiger partial charge in [0.2, 0.25) is 11.0 Å². The van der Waals surface area contributed by atoms with E-state index in [2.05, 4.69) is 15.2 Å². The highest BCUT2D eigenvalue weighted by Crippen LogP contribution is 2.14. The first-order chi connectivity index (χ1) is 6.31. The van der Waals surface area contributed by atoms with E-state index in [4.69, 9.17) is 5.26 Å². The Hall–Kier alpha value is -1.74. The molecule has 0 aliphatic heterocycles. The Balaban J connectivity index is 2.53. The Morgan fingerprint density at radius 3 is 3.00 bits per heavy atom. The predicted octanol–water partition coefficient (Wildman–Crippen LogP) is 0.904. The van der Waals surface area contributed by atoms with Gasteiger partial charge in [0.1, 0.15) is 11.1 Å². The van der Waals surface area contributed by atoms with Crippen LogP contribution in [0.5, 0.6) is 0 Å². The summed E-state index contributed by atoms with van der Waals surface area (Å²) in [5.41, 5.74) is 0. The number of hydrogen-bond donors (Lipinski definition) is 0. The highest BCUT2D eigenvalue weighted by molar-refractivity contribution is 7.13. The summed E-state index contributed by atoms with van der Waals surface area (Å²) in [6.07, 6.45) is 3.26. The molecule has 0 aliphatic carbocycles. The Labute approximate surface area is 78.3 Å². The monoisotopic (exact) mass is 191 g/mol. The van der Waals surface area contributed by atoms with Gasteiger partial charge >= 0.3 is 0 Å². The van der Waals surface area contributed by atoms with E-state index in [1.165, 1.54) is 11.3 Å². The fraction of sp³-hybridized carbons (Fsp3) is 0.143. The SMILES string of the molecule is Cc1nnc(-n2ccnc2C#N)s1. The highest BCUT2D eigenvalue weighted by atomic mass is 32.1. The van der Waals surface area contributed by atoms with Crippen LogP contribution in [-0.4, -0.2) is 19.7 Å². The molecule has 0 radical (unpaired) electrons. The van der Waals surface area contributed by atoms with Gasteiger partial charge in [-0.05, 0) is 6.92 Å². The summed E-state index contributed by atoms with van der Waals surface area (Å²) in [6, 6.07) is 1.97. The smallest absolute Gasteiger partial charge is 0.219 e. The molecule has 2 heterocycles. The van der Waals surface area contributed by atoms with Gasteiger partial charge in [-0.2, -0.15) is 5.26 Å². The van der Waals surface area contributed by atoms with E-state index in [-0.39, 0.29) is 0 Å². The molecule has 6 heteroatoms. The van der Waals surface area contributed by atoms with Gasteiger partial charge in [-0.1, -0.05) is 11.3 Å². The summed E-state index contributed by atoms with van der Waals surface area (Å²) in [5.74, 6) is 0.330. The number of rotatable bonds is 1. The Kier molecular flexibility index (Phi) is 1.79. The van der Waals surface area contributed by atoms with Gasteiger partial charge in [0.05, 0.1) is 0 Å². The fourth-order valence-corrected chi connectivity index (χ4v) is 1.60. The van der Waals surface area contributed by atoms with Crippen molar-refractivity contribution in [3.63, 3.8) is 0 Å². The molecule has 2 aromatic heterocycles. The van der Waals surface area contributed by atoms with Gasteiger partial charge < -0.3 is 0 Å². The molecule has 0 atom stereocenters. The zero-order chi connectivity index (χ0) is 9.26. The van der Waals surface area contributed by atoms with E-state index in [9.17, 15) is 0 Å². The Morgan fingerprint density at radius 2 is 2.38 bits per heavy atom. The molecule has 0 saturated carbocycles. The summed E-state index contributed by atoms with van der Waals surface area (Å²) in [4.78, 5) is 3.86. The summed E-state index contributed by atoms with van der Waals surface area (Å²) in [7, 11) is 0. The number of nitriles is 1.